The first kappa shape index (κ1) is 17.2. The Morgan fingerprint density at radius 3 is 2.96 bits per heavy atom. The molecule has 3 heterocycles. The molecule has 138 valence electrons. The van der Waals surface area contributed by atoms with E-state index in [9.17, 15) is 9.18 Å². The van der Waals surface area contributed by atoms with Crippen molar-refractivity contribution >= 4 is 5.91 Å². The van der Waals surface area contributed by atoms with Crippen LogP contribution in [0.1, 0.15) is 29.0 Å². The first-order valence-corrected chi connectivity index (χ1v) is 8.80. The predicted octanol–water partition coefficient (Wildman–Crippen LogP) is 2.65. The third kappa shape index (κ3) is 3.50. The Labute approximate surface area is 150 Å². The predicted molar refractivity (Wildman–Crippen MR) is 89.9 cm³/mol. The highest BCUT2D eigenvalue weighted by Gasteiger charge is 2.51. The van der Waals surface area contributed by atoms with Crippen molar-refractivity contribution in [2.75, 3.05) is 26.3 Å². The highest BCUT2D eigenvalue weighted by Crippen LogP contribution is 2.39. The van der Waals surface area contributed by atoms with Crippen LogP contribution in [0.4, 0.5) is 4.39 Å². The second-order valence-corrected chi connectivity index (χ2v) is 7.03. The minimum Gasteiger partial charge on any atom is -0.377 e. The fourth-order valence-electron chi connectivity index (χ4n) is 3.67. The van der Waals surface area contributed by atoms with Crippen LogP contribution in [-0.4, -0.2) is 47.9 Å². The number of carbonyl (C=O) groups excluding carboxylic acids is 1. The van der Waals surface area contributed by atoms with Crippen LogP contribution in [0.15, 0.2) is 41.1 Å². The number of halogens is 1. The molecule has 6 nitrogen and oxygen atoms in total. The molecule has 0 bridgehead atoms. The lowest BCUT2D eigenvalue weighted by molar-refractivity contribution is -0.0958. The summed E-state index contributed by atoms with van der Waals surface area (Å²) in [4.78, 5) is 13.9. The van der Waals surface area contributed by atoms with Gasteiger partial charge in [-0.3, -0.25) is 4.79 Å². The molecule has 1 aromatic carbocycles. The van der Waals surface area contributed by atoms with Crippen LogP contribution in [0.3, 0.4) is 0 Å². The molecule has 0 radical (unpaired) electrons. The van der Waals surface area contributed by atoms with Crippen molar-refractivity contribution in [3.05, 3.63) is 53.7 Å². The lowest BCUT2D eigenvalue weighted by Crippen LogP contribution is -2.63. The molecule has 2 saturated heterocycles. The van der Waals surface area contributed by atoms with Gasteiger partial charge in [-0.15, -0.1) is 0 Å². The maximum absolute atomic E-state index is 13.5. The van der Waals surface area contributed by atoms with Crippen LogP contribution in [-0.2, 0) is 16.1 Å². The van der Waals surface area contributed by atoms with Crippen LogP contribution in [0.2, 0.25) is 0 Å². The van der Waals surface area contributed by atoms with Crippen LogP contribution in [0.25, 0.3) is 0 Å². The minimum absolute atomic E-state index is 0.145. The van der Waals surface area contributed by atoms with Crippen molar-refractivity contribution in [3.63, 3.8) is 0 Å². The van der Waals surface area contributed by atoms with E-state index in [-0.39, 0.29) is 29.7 Å². The SMILES string of the molecule is O=C(c1ccno1)N1CC2(CC(CCOCc3ccccc3F)CO2)C1. The zero-order valence-electron chi connectivity index (χ0n) is 14.4. The van der Waals surface area contributed by atoms with Gasteiger partial charge in [-0.05, 0) is 24.8 Å². The van der Waals surface area contributed by atoms with E-state index in [0.717, 1.165) is 12.8 Å². The number of nitrogens with zero attached hydrogens (tertiary/aromatic N) is 2. The van der Waals surface area contributed by atoms with Gasteiger partial charge >= 0.3 is 0 Å². The Bertz CT molecular complexity index is 759. The van der Waals surface area contributed by atoms with Crippen LogP contribution in [0, 0.1) is 11.7 Å². The molecule has 2 aliphatic heterocycles. The second kappa shape index (κ2) is 7.17. The number of likely N-dealkylation sites (tertiary alicyclic amines) is 1. The summed E-state index contributed by atoms with van der Waals surface area (Å²) in [7, 11) is 0. The summed E-state index contributed by atoms with van der Waals surface area (Å²) in [6, 6.07) is 8.22. The zero-order valence-corrected chi connectivity index (χ0v) is 14.4. The minimum atomic E-state index is -0.235. The molecule has 1 unspecified atom stereocenters. The van der Waals surface area contributed by atoms with Gasteiger partial charge in [0.1, 0.15) is 11.4 Å². The molecule has 1 amide bonds. The maximum Gasteiger partial charge on any atom is 0.292 e. The molecule has 2 aromatic rings. The molecular formula is C19H21FN2O4. The van der Waals surface area contributed by atoms with Gasteiger partial charge in [-0.2, -0.15) is 0 Å². The largest absolute Gasteiger partial charge is 0.377 e. The molecule has 26 heavy (non-hydrogen) atoms. The summed E-state index contributed by atoms with van der Waals surface area (Å²) in [6.45, 7) is 2.69. The number of benzene rings is 1. The van der Waals surface area contributed by atoms with Crippen molar-refractivity contribution in [1.29, 1.82) is 0 Å². The van der Waals surface area contributed by atoms with Gasteiger partial charge < -0.3 is 18.9 Å². The average molecular weight is 360 g/mol. The Morgan fingerprint density at radius 2 is 2.19 bits per heavy atom. The summed E-state index contributed by atoms with van der Waals surface area (Å²) in [6.07, 6.45) is 3.24. The Morgan fingerprint density at radius 1 is 1.35 bits per heavy atom. The molecule has 0 aliphatic carbocycles. The molecule has 0 saturated carbocycles. The number of ether oxygens (including phenoxy) is 2. The lowest BCUT2D eigenvalue weighted by atomic mass is 9.86. The fraction of sp³-hybridized carbons (Fsp3) is 0.474. The van der Waals surface area contributed by atoms with Gasteiger partial charge in [0.25, 0.3) is 5.91 Å². The highest BCUT2D eigenvalue weighted by atomic mass is 19.1. The van der Waals surface area contributed by atoms with Gasteiger partial charge in [0.15, 0.2) is 0 Å². The van der Waals surface area contributed by atoms with Crippen molar-refractivity contribution < 1.29 is 23.2 Å². The zero-order chi connectivity index (χ0) is 18.0. The van der Waals surface area contributed by atoms with Crippen molar-refractivity contribution in [2.24, 2.45) is 5.92 Å². The number of carbonyl (C=O) groups is 1. The topological polar surface area (TPSA) is 64.8 Å². The van der Waals surface area contributed by atoms with Crippen molar-refractivity contribution in [1.82, 2.24) is 10.1 Å². The van der Waals surface area contributed by atoms with E-state index >= 15 is 0 Å². The molecule has 2 fully saturated rings. The Hall–Kier alpha value is -2.25. The smallest absolute Gasteiger partial charge is 0.292 e. The van der Waals surface area contributed by atoms with E-state index in [0.29, 0.717) is 37.8 Å². The Kier molecular flexibility index (Phi) is 4.74. The first-order chi connectivity index (χ1) is 12.7. The number of aromatic nitrogens is 1. The summed E-state index contributed by atoms with van der Waals surface area (Å²) < 4.78 is 30.0. The third-order valence-corrected chi connectivity index (χ3v) is 5.07. The van der Waals surface area contributed by atoms with Gasteiger partial charge in [0.05, 0.1) is 32.5 Å². The standard InChI is InChI=1S/C19H21FN2O4/c20-16-4-2-1-3-15(16)11-24-8-6-14-9-19(25-10-14)12-22(13-19)18(23)17-5-7-21-26-17/h1-5,7,14H,6,8-13H2. The number of hydrogen-bond donors (Lipinski definition) is 0. The quantitative estimate of drug-likeness (QED) is 0.741. The van der Waals surface area contributed by atoms with E-state index in [1.165, 1.54) is 12.3 Å². The monoisotopic (exact) mass is 360 g/mol. The molecular weight excluding hydrogens is 339 g/mol. The van der Waals surface area contributed by atoms with Crippen molar-refractivity contribution in [3.8, 4) is 0 Å². The summed E-state index contributed by atoms with van der Waals surface area (Å²) >= 11 is 0. The summed E-state index contributed by atoms with van der Waals surface area (Å²) in [5.41, 5.74) is 0.346. The number of amides is 1. The second-order valence-electron chi connectivity index (χ2n) is 7.03. The first-order valence-electron chi connectivity index (χ1n) is 8.80. The molecule has 1 spiro atoms. The van der Waals surface area contributed by atoms with E-state index in [1.807, 2.05) is 0 Å². The molecule has 1 atom stereocenters. The van der Waals surface area contributed by atoms with E-state index in [1.54, 1.807) is 29.2 Å². The highest BCUT2D eigenvalue weighted by molar-refractivity contribution is 5.92. The summed E-state index contributed by atoms with van der Waals surface area (Å²) in [5.74, 6) is 0.282. The third-order valence-electron chi connectivity index (χ3n) is 5.07. The number of hydrogen-bond acceptors (Lipinski definition) is 5. The van der Waals surface area contributed by atoms with Gasteiger partial charge in [-0.25, -0.2) is 4.39 Å². The Balaban J connectivity index is 1.18. The lowest BCUT2D eigenvalue weighted by Gasteiger charge is -2.46. The molecule has 2 aliphatic rings. The van der Waals surface area contributed by atoms with Crippen LogP contribution >= 0.6 is 0 Å². The molecule has 0 N–H and O–H groups in total. The van der Waals surface area contributed by atoms with Crippen LogP contribution in [0.5, 0.6) is 0 Å². The van der Waals surface area contributed by atoms with E-state index in [4.69, 9.17) is 14.0 Å². The fourth-order valence-corrected chi connectivity index (χ4v) is 3.67. The molecule has 1 aromatic heterocycles. The van der Waals surface area contributed by atoms with E-state index < -0.39 is 0 Å². The van der Waals surface area contributed by atoms with E-state index in [2.05, 4.69) is 5.16 Å². The molecule has 4 rings (SSSR count). The maximum atomic E-state index is 13.5. The summed E-state index contributed by atoms with van der Waals surface area (Å²) in [5, 5.41) is 3.56. The van der Waals surface area contributed by atoms with Gasteiger partial charge in [0, 0.05) is 18.2 Å². The average Bonchev–Trinajstić information content (AvgIpc) is 3.28. The van der Waals surface area contributed by atoms with Gasteiger partial charge in [0.2, 0.25) is 5.76 Å². The van der Waals surface area contributed by atoms with Crippen molar-refractivity contribution in [2.45, 2.75) is 25.0 Å². The normalized spacial score (nSPS) is 21.1. The van der Waals surface area contributed by atoms with Gasteiger partial charge in [-0.1, -0.05) is 23.4 Å². The number of rotatable bonds is 6. The molecule has 7 heteroatoms. The van der Waals surface area contributed by atoms with Crippen LogP contribution < -0.4 is 0 Å².